The Hall–Kier alpha value is -1.09. The molecule has 1 radical (unpaired) electrons. The van der Waals surface area contributed by atoms with E-state index in [-0.39, 0.29) is 5.82 Å². The third-order valence-corrected chi connectivity index (χ3v) is 1.40. The molecule has 0 saturated heterocycles. The highest BCUT2D eigenvalue weighted by atomic mass is 19.1. The van der Waals surface area contributed by atoms with Gasteiger partial charge in [-0.25, -0.2) is 4.39 Å². The molecule has 1 aromatic carbocycles. The van der Waals surface area contributed by atoms with Gasteiger partial charge in [0.15, 0.2) is 6.23 Å². The summed E-state index contributed by atoms with van der Waals surface area (Å²) in [6.07, 6.45) is 1.21. The molecule has 0 aliphatic carbocycles. The Bertz CT molecular complexity index is 252. The lowest BCUT2D eigenvalue weighted by Gasteiger charge is -2.11. The van der Waals surface area contributed by atoms with Crippen LogP contribution in [0.15, 0.2) is 24.3 Å². The highest BCUT2D eigenvalue weighted by molar-refractivity contribution is 5.22. The molecule has 3 heteroatoms. The van der Waals surface area contributed by atoms with Gasteiger partial charge in [0.1, 0.15) is 11.6 Å². The van der Waals surface area contributed by atoms with Crippen LogP contribution in [0.25, 0.3) is 0 Å². The second-order valence-electron chi connectivity index (χ2n) is 2.37. The molecule has 0 aromatic heterocycles. The molecule has 1 atom stereocenters. The summed E-state index contributed by atoms with van der Waals surface area (Å²) < 4.78 is 17.7. The molecular formula is C9H11FNO. The van der Waals surface area contributed by atoms with E-state index < -0.39 is 6.23 Å². The minimum absolute atomic E-state index is 0.323. The first-order valence-electron chi connectivity index (χ1n) is 3.69. The van der Waals surface area contributed by atoms with E-state index in [2.05, 4.69) is 0 Å². The largest absolute Gasteiger partial charge is 0.475 e. The minimum atomic E-state index is -0.480. The summed E-state index contributed by atoms with van der Waals surface area (Å²) in [6, 6.07) is 5.89. The van der Waals surface area contributed by atoms with E-state index in [1.54, 1.807) is 25.5 Å². The van der Waals surface area contributed by atoms with Gasteiger partial charge >= 0.3 is 0 Å². The van der Waals surface area contributed by atoms with Gasteiger partial charge in [-0.3, -0.25) is 5.73 Å². The minimum Gasteiger partial charge on any atom is -0.475 e. The van der Waals surface area contributed by atoms with Crippen LogP contribution < -0.4 is 10.5 Å². The van der Waals surface area contributed by atoms with Crippen molar-refractivity contribution in [1.29, 1.82) is 0 Å². The zero-order valence-electron chi connectivity index (χ0n) is 6.83. The van der Waals surface area contributed by atoms with Crippen molar-refractivity contribution in [2.45, 2.75) is 13.2 Å². The van der Waals surface area contributed by atoms with Crippen LogP contribution >= 0.6 is 0 Å². The Labute approximate surface area is 71.1 Å². The fraction of sp³-hybridized carbons (Fsp3) is 0.222. The maximum atomic E-state index is 12.6. The molecule has 1 rings (SSSR count). The van der Waals surface area contributed by atoms with E-state index in [0.717, 1.165) is 0 Å². The maximum absolute atomic E-state index is 12.6. The fourth-order valence-electron chi connectivity index (χ4n) is 0.765. The number of rotatable bonds is 3. The van der Waals surface area contributed by atoms with Gasteiger partial charge in [-0.2, -0.15) is 0 Å². The maximum Gasteiger partial charge on any atom is 0.150 e. The van der Waals surface area contributed by atoms with Crippen molar-refractivity contribution in [3.8, 4) is 5.75 Å². The van der Waals surface area contributed by atoms with E-state index >= 15 is 0 Å². The van der Waals surface area contributed by atoms with Crippen molar-refractivity contribution < 1.29 is 9.13 Å². The van der Waals surface area contributed by atoms with Crippen LogP contribution in [0.4, 0.5) is 4.39 Å². The van der Waals surface area contributed by atoms with Crippen molar-refractivity contribution in [2.75, 3.05) is 0 Å². The van der Waals surface area contributed by atoms with Crippen LogP contribution in [0.2, 0.25) is 0 Å². The molecule has 0 fully saturated rings. The Morgan fingerprint density at radius 2 is 2.33 bits per heavy atom. The van der Waals surface area contributed by atoms with E-state index in [1.807, 2.05) is 0 Å². The topological polar surface area (TPSA) is 35.2 Å². The molecular weight excluding hydrogens is 157 g/mol. The van der Waals surface area contributed by atoms with Gasteiger partial charge < -0.3 is 4.74 Å². The normalized spacial score (nSPS) is 12.6. The SMILES string of the molecule is C[CH]C(N)Oc1cccc(F)c1. The molecule has 1 aromatic rings. The monoisotopic (exact) mass is 168 g/mol. The van der Waals surface area contributed by atoms with Crippen molar-refractivity contribution in [3.63, 3.8) is 0 Å². The molecule has 2 N–H and O–H groups in total. The quantitative estimate of drug-likeness (QED) is 0.697. The van der Waals surface area contributed by atoms with Gasteiger partial charge in [-0.15, -0.1) is 0 Å². The third kappa shape index (κ3) is 2.51. The lowest BCUT2D eigenvalue weighted by molar-refractivity contribution is 0.241. The number of benzene rings is 1. The summed E-state index contributed by atoms with van der Waals surface area (Å²) in [6.45, 7) is 1.78. The predicted molar refractivity (Wildman–Crippen MR) is 45.0 cm³/mol. The van der Waals surface area contributed by atoms with Gasteiger partial charge in [-0.1, -0.05) is 13.0 Å². The van der Waals surface area contributed by atoms with E-state index in [0.29, 0.717) is 5.75 Å². The average molecular weight is 168 g/mol. The van der Waals surface area contributed by atoms with Crippen LogP contribution in [0.5, 0.6) is 5.75 Å². The number of hydrogen-bond acceptors (Lipinski definition) is 2. The number of halogens is 1. The van der Waals surface area contributed by atoms with Gasteiger partial charge in [-0.05, 0) is 12.1 Å². The summed E-state index contributed by atoms with van der Waals surface area (Å²) in [5.74, 6) is 0.122. The zero-order chi connectivity index (χ0) is 8.97. The Morgan fingerprint density at radius 1 is 1.58 bits per heavy atom. The molecule has 2 nitrogen and oxygen atoms in total. The molecule has 1 unspecified atom stereocenters. The molecule has 0 bridgehead atoms. The van der Waals surface area contributed by atoms with Gasteiger partial charge in [0.2, 0.25) is 0 Å². The molecule has 0 heterocycles. The smallest absolute Gasteiger partial charge is 0.150 e. The summed E-state index contributed by atoms with van der Waals surface area (Å²) in [5.41, 5.74) is 5.45. The molecule has 0 aliphatic rings. The molecule has 12 heavy (non-hydrogen) atoms. The third-order valence-electron chi connectivity index (χ3n) is 1.40. The Kier molecular flexibility index (Phi) is 3.05. The first kappa shape index (κ1) is 9.00. The van der Waals surface area contributed by atoms with Crippen LogP contribution in [0.3, 0.4) is 0 Å². The van der Waals surface area contributed by atoms with E-state index in [1.165, 1.54) is 12.1 Å². The van der Waals surface area contributed by atoms with Crippen molar-refractivity contribution in [3.05, 3.63) is 36.5 Å². The van der Waals surface area contributed by atoms with Gasteiger partial charge in [0, 0.05) is 12.5 Å². The van der Waals surface area contributed by atoms with Crippen LogP contribution in [-0.2, 0) is 0 Å². The molecule has 0 saturated carbocycles. The first-order valence-corrected chi connectivity index (χ1v) is 3.69. The predicted octanol–water partition coefficient (Wildman–Crippen LogP) is 1.71. The summed E-state index contributed by atoms with van der Waals surface area (Å²) in [4.78, 5) is 0. The van der Waals surface area contributed by atoms with Crippen LogP contribution in [0, 0.1) is 12.2 Å². The second-order valence-corrected chi connectivity index (χ2v) is 2.37. The zero-order valence-corrected chi connectivity index (χ0v) is 6.83. The van der Waals surface area contributed by atoms with Crippen LogP contribution in [-0.4, -0.2) is 6.23 Å². The Balaban J connectivity index is 2.63. The Morgan fingerprint density at radius 3 is 2.92 bits per heavy atom. The second kappa shape index (κ2) is 4.07. The lowest BCUT2D eigenvalue weighted by Crippen LogP contribution is -2.26. The molecule has 0 spiro atoms. The highest BCUT2D eigenvalue weighted by Crippen LogP contribution is 2.12. The van der Waals surface area contributed by atoms with E-state index in [4.69, 9.17) is 10.5 Å². The van der Waals surface area contributed by atoms with Gasteiger partial charge in [0.25, 0.3) is 0 Å². The first-order chi connectivity index (χ1) is 5.72. The summed E-state index contributed by atoms with van der Waals surface area (Å²) in [7, 11) is 0. The average Bonchev–Trinajstić information content (AvgIpc) is 2.04. The lowest BCUT2D eigenvalue weighted by atomic mass is 10.3. The molecule has 65 valence electrons. The number of ether oxygens (including phenoxy) is 1. The van der Waals surface area contributed by atoms with Crippen LogP contribution in [0.1, 0.15) is 6.92 Å². The van der Waals surface area contributed by atoms with Crippen molar-refractivity contribution >= 4 is 0 Å². The fourth-order valence-corrected chi connectivity index (χ4v) is 0.765. The summed E-state index contributed by atoms with van der Waals surface area (Å²) in [5, 5.41) is 0. The highest BCUT2D eigenvalue weighted by Gasteiger charge is 2.01. The van der Waals surface area contributed by atoms with Crippen molar-refractivity contribution in [2.24, 2.45) is 5.73 Å². The number of hydrogen-bond donors (Lipinski definition) is 1. The number of nitrogens with two attached hydrogens (primary N) is 1. The van der Waals surface area contributed by atoms with Gasteiger partial charge in [0.05, 0.1) is 0 Å². The van der Waals surface area contributed by atoms with Crippen molar-refractivity contribution in [1.82, 2.24) is 0 Å². The van der Waals surface area contributed by atoms with E-state index in [9.17, 15) is 4.39 Å². The molecule has 0 amide bonds. The molecule has 0 aliphatic heterocycles. The standard InChI is InChI=1S/C9H11FNO/c1-2-9(11)12-8-5-3-4-7(10)6-8/h2-6,9H,11H2,1H3. The summed E-state index contributed by atoms with van der Waals surface area (Å²) >= 11 is 0.